The highest BCUT2D eigenvalue weighted by Gasteiger charge is 2.29. The quantitative estimate of drug-likeness (QED) is 0.826. The first-order valence-electron chi connectivity index (χ1n) is 5.78. The minimum atomic E-state index is -0.724. The molecule has 0 unspecified atom stereocenters. The molecule has 2 rings (SSSR count). The second kappa shape index (κ2) is 5.26. The molecule has 0 spiro atoms. The number of halogens is 2. The van der Waals surface area contributed by atoms with E-state index in [0.717, 1.165) is 17.7 Å². The number of urea groups is 1. The van der Waals surface area contributed by atoms with E-state index >= 15 is 0 Å². The maximum atomic E-state index is 13.7. The van der Waals surface area contributed by atoms with E-state index < -0.39 is 23.7 Å². The Kier molecular flexibility index (Phi) is 3.69. The van der Waals surface area contributed by atoms with E-state index in [4.69, 9.17) is 4.74 Å². The van der Waals surface area contributed by atoms with Gasteiger partial charge in [0.2, 0.25) is 0 Å². The number of amides is 2. The van der Waals surface area contributed by atoms with Crippen LogP contribution >= 0.6 is 0 Å². The van der Waals surface area contributed by atoms with Gasteiger partial charge in [-0.25, -0.2) is 13.6 Å². The zero-order chi connectivity index (χ0) is 14.0. The van der Waals surface area contributed by atoms with Crippen LogP contribution in [-0.2, 0) is 0 Å². The Bertz CT molecular complexity index is 532. The summed E-state index contributed by atoms with van der Waals surface area (Å²) in [5, 5.41) is 5.14. The lowest BCUT2D eigenvalue weighted by atomic mass is 10.1. The predicted octanol–water partition coefficient (Wildman–Crippen LogP) is 2.27. The Morgan fingerprint density at radius 2 is 2.26 bits per heavy atom. The first kappa shape index (κ1) is 13.3. The summed E-state index contributed by atoms with van der Waals surface area (Å²) < 4.78 is 31.8. The topological polar surface area (TPSA) is 50.4 Å². The van der Waals surface area contributed by atoms with Crippen LogP contribution < -0.4 is 15.4 Å². The van der Waals surface area contributed by atoms with Crippen LogP contribution in [0.5, 0.6) is 5.75 Å². The number of hydrogen-bond acceptors (Lipinski definition) is 2. The van der Waals surface area contributed by atoms with Crippen LogP contribution in [0.4, 0.5) is 13.6 Å². The molecule has 0 bridgehead atoms. The van der Waals surface area contributed by atoms with Crippen molar-refractivity contribution in [3.8, 4) is 5.75 Å². The molecule has 2 amide bonds. The van der Waals surface area contributed by atoms with Crippen molar-refractivity contribution < 1.29 is 18.3 Å². The van der Waals surface area contributed by atoms with E-state index in [1.807, 2.05) is 0 Å². The second-order valence-corrected chi connectivity index (χ2v) is 4.45. The van der Waals surface area contributed by atoms with Crippen molar-refractivity contribution in [3.05, 3.63) is 41.5 Å². The Balaban J connectivity index is 2.06. The number of carbonyl (C=O) groups excluding carboxylic acids is 1. The average molecular weight is 268 g/mol. The summed E-state index contributed by atoms with van der Waals surface area (Å²) >= 11 is 0. The molecule has 1 aliphatic rings. The number of hydrogen-bond donors (Lipinski definition) is 2. The first-order chi connectivity index (χ1) is 8.97. The third kappa shape index (κ3) is 3.01. The Morgan fingerprint density at radius 1 is 1.53 bits per heavy atom. The van der Waals surface area contributed by atoms with Crippen LogP contribution in [-0.4, -0.2) is 19.2 Å². The van der Waals surface area contributed by atoms with Gasteiger partial charge < -0.3 is 15.4 Å². The number of ether oxygens (including phenoxy) is 1. The van der Waals surface area contributed by atoms with Crippen molar-refractivity contribution in [2.24, 2.45) is 0 Å². The normalized spacial score (nSPS) is 16.5. The largest absolute Gasteiger partial charge is 0.490 e. The summed E-state index contributed by atoms with van der Waals surface area (Å²) in [6, 6.07) is 0.800. The monoisotopic (exact) mass is 268 g/mol. The van der Waals surface area contributed by atoms with Gasteiger partial charge in [-0.3, -0.25) is 0 Å². The zero-order valence-corrected chi connectivity index (χ0v) is 10.4. The van der Waals surface area contributed by atoms with Gasteiger partial charge in [0.15, 0.2) is 0 Å². The molecule has 0 aliphatic carbocycles. The molecule has 1 heterocycles. The van der Waals surface area contributed by atoms with Crippen LogP contribution in [0, 0.1) is 11.6 Å². The van der Waals surface area contributed by atoms with Gasteiger partial charge in [-0.1, -0.05) is 12.2 Å². The molecule has 0 saturated heterocycles. The van der Waals surface area contributed by atoms with Crippen molar-refractivity contribution in [3.63, 3.8) is 0 Å². The fourth-order valence-corrected chi connectivity index (χ4v) is 1.83. The van der Waals surface area contributed by atoms with Gasteiger partial charge in [0.05, 0.1) is 11.6 Å². The maximum absolute atomic E-state index is 13.7. The van der Waals surface area contributed by atoms with Crippen molar-refractivity contribution in [1.82, 2.24) is 10.6 Å². The summed E-state index contributed by atoms with van der Waals surface area (Å²) in [6.45, 7) is 5.84. The second-order valence-electron chi connectivity index (χ2n) is 4.45. The molecule has 1 aliphatic heterocycles. The van der Waals surface area contributed by atoms with Crippen LogP contribution in [0.2, 0.25) is 0 Å². The molecule has 4 nitrogen and oxygen atoms in total. The molecule has 2 N–H and O–H groups in total. The summed E-state index contributed by atoms with van der Waals surface area (Å²) in [4.78, 5) is 11.6. The van der Waals surface area contributed by atoms with Crippen LogP contribution in [0.3, 0.4) is 0 Å². The Morgan fingerprint density at radius 3 is 2.95 bits per heavy atom. The van der Waals surface area contributed by atoms with Gasteiger partial charge in [0, 0.05) is 18.7 Å². The Hall–Kier alpha value is -2.11. The van der Waals surface area contributed by atoms with Gasteiger partial charge in [0.1, 0.15) is 24.0 Å². The molecular formula is C13H14F2N2O2. The molecule has 1 aromatic rings. The minimum absolute atomic E-state index is 0.0796. The summed E-state index contributed by atoms with van der Waals surface area (Å²) in [5.74, 6) is -1.30. The highest BCUT2D eigenvalue weighted by molar-refractivity contribution is 5.75. The summed E-state index contributed by atoms with van der Waals surface area (Å²) in [6.07, 6.45) is 0. The highest BCUT2D eigenvalue weighted by Crippen LogP contribution is 2.35. The lowest BCUT2D eigenvalue weighted by Crippen LogP contribution is -2.39. The van der Waals surface area contributed by atoms with Gasteiger partial charge in [-0.2, -0.15) is 0 Å². The van der Waals surface area contributed by atoms with Gasteiger partial charge in [-0.05, 0) is 6.92 Å². The Labute approximate surface area is 109 Å². The lowest BCUT2D eigenvalue weighted by molar-refractivity contribution is 0.232. The summed E-state index contributed by atoms with van der Waals surface area (Å²) in [5.41, 5.74) is 0.971. The third-order valence-electron chi connectivity index (χ3n) is 2.67. The standard InChI is InChI=1S/C13H14F2N2O2/c1-7(2)5-16-13(18)17-10-6-19-11-4-8(14)3-9(15)12(10)11/h3-4,10H,1,5-6H2,2H3,(H2,16,17,18)/t10-/m1/s1. The van der Waals surface area contributed by atoms with E-state index in [1.54, 1.807) is 6.92 Å². The smallest absolute Gasteiger partial charge is 0.315 e. The van der Waals surface area contributed by atoms with Crippen molar-refractivity contribution in [2.75, 3.05) is 13.2 Å². The molecule has 0 saturated carbocycles. The first-order valence-corrected chi connectivity index (χ1v) is 5.78. The number of carbonyl (C=O) groups is 1. The van der Waals surface area contributed by atoms with Gasteiger partial charge in [0.25, 0.3) is 0 Å². The molecule has 1 atom stereocenters. The minimum Gasteiger partial charge on any atom is -0.490 e. The van der Waals surface area contributed by atoms with E-state index in [-0.39, 0.29) is 17.9 Å². The summed E-state index contributed by atoms with van der Waals surface area (Å²) in [7, 11) is 0. The number of rotatable bonds is 3. The fraction of sp³-hybridized carbons (Fsp3) is 0.308. The SMILES string of the molecule is C=C(C)CNC(=O)N[C@@H]1COc2cc(F)cc(F)c21. The van der Waals surface area contributed by atoms with Gasteiger partial charge in [-0.15, -0.1) is 0 Å². The van der Waals surface area contributed by atoms with E-state index in [2.05, 4.69) is 17.2 Å². The number of nitrogens with one attached hydrogen (secondary N) is 2. The number of fused-ring (bicyclic) bond motifs is 1. The van der Waals surface area contributed by atoms with Crippen molar-refractivity contribution in [2.45, 2.75) is 13.0 Å². The highest BCUT2D eigenvalue weighted by atomic mass is 19.1. The lowest BCUT2D eigenvalue weighted by Gasteiger charge is -2.13. The molecule has 0 radical (unpaired) electrons. The molecule has 1 aromatic carbocycles. The molecule has 102 valence electrons. The van der Waals surface area contributed by atoms with Crippen molar-refractivity contribution >= 4 is 6.03 Å². The van der Waals surface area contributed by atoms with Crippen LogP contribution in [0.1, 0.15) is 18.5 Å². The van der Waals surface area contributed by atoms with Gasteiger partial charge >= 0.3 is 6.03 Å². The van der Waals surface area contributed by atoms with Crippen molar-refractivity contribution in [1.29, 1.82) is 0 Å². The fourth-order valence-electron chi connectivity index (χ4n) is 1.83. The van der Waals surface area contributed by atoms with E-state index in [9.17, 15) is 13.6 Å². The number of benzene rings is 1. The molecule has 6 heteroatoms. The molecule has 0 fully saturated rings. The molecular weight excluding hydrogens is 254 g/mol. The molecule has 19 heavy (non-hydrogen) atoms. The van der Waals surface area contributed by atoms with Crippen LogP contribution in [0.25, 0.3) is 0 Å². The zero-order valence-electron chi connectivity index (χ0n) is 10.4. The molecule has 0 aromatic heterocycles. The van der Waals surface area contributed by atoms with E-state index in [1.165, 1.54) is 0 Å². The average Bonchev–Trinajstić information content (AvgIpc) is 2.69. The predicted molar refractivity (Wildman–Crippen MR) is 65.9 cm³/mol. The van der Waals surface area contributed by atoms with E-state index in [0.29, 0.717) is 6.54 Å². The van der Waals surface area contributed by atoms with Crippen LogP contribution in [0.15, 0.2) is 24.3 Å². The maximum Gasteiger partial charge on any atom is 0.315 e. The third-order valence-corrected chi connectivity index (χ3v) is 2.67.